The fraction of sp³-hybridized carbons (Fsp3) is 0.500. The van der Waals surface area contributed by atoms with Gasteiger partial charge in [0.2, 0.25) is 0 Å². The zero-order valence-corrected chi connectivity index (χ0v) is 11.3. The van der Waals surface area contributed by atoms with Crippen LogP contribution in [0.1, 0.15) is 31.1 Å². The number of benzene rings is 1. The van der Waals surface area contributed by atoms with Gasteiger partial charge in [-0.2, -0.15) is 0 Å². The van der Waals surface area contributed by atoms with Gasteiger partial charge in [-0.15, -0.1) is 0 Å². The zero-order valence-electron chi connectivity index (χ0n) is 11.3. The Kier molecular flexibility index (Phi) is 3.49. The van der Waals surface area contributed by atoms with Crippen LogP contribution in [-0.2, 0) is 4.74 Å². The number of hydrogen-bond acceptors (Lipinski definition) is 3. The maximum atomic E-state index is 13.7. The van der Waals surface area contributed by atoms with Crippen LogP contribution in [0.2, 0.25) is 0 Å². The quantitative estimate of drug-likeness (QED) is 0.894. The molecule has 1 atom stereocenters. The maximum absolute atomic E-state index is 13.7. The fourth-order valence-corrected chi connectivity index (χ4v) is 2.52. The third kappa shape index (κ3) is 3.04. The molecule has 0 amide bonds. The molecular formula is C14H18FNO3. The molecule has 0 spiro atoms. The lowest BCUT2D eigenvalue weighted by molar-refractivity contribution is -0.0749. The van der Waals surface area contributed by atoms with E-state index in [4.69, 9.17) is 9.84 Å². The first kappa shape index (κ1) is 13.8. The number of aromatic carboxylic acids is 1. The predicted molar refractivity (Wildman–Crippen MR) is 70.2 cm³/mol. The van der Waals surface area contributed by atoms with E-state index in [1.807, 2.05) is 25.7 Å². The smallest absolute Gasteiger partial charge is 0.338 e. The van der Waals surface area contributed by atoms with Crippen LogP contribution in [0.5, 0.6) is 0 Å². The average Bonchev–Trinajstić information content (AvgIpc) is 2.25. The lowest BCUT2D eigenvalue weighted by Gasteiger charge is -2.43. The van der Waals surface area contributed by atoms with Gasteiger partial charge in [0.15, 0.2) is 0 Å². The van der Waals surface area contributed by atoms with Crippen LogP contribution >= 0.6 is 0 Å². The van der Waals surface area contributed by atoms with Crippen molar-refractivity contribution in [2.24, 2.45) is 0 Å². The molecule has 1 fully saturated rings. The Morgan fingerprint density at radius 2 is 2.21 bits per heavy atom. The number of anilines is 1. The van der Waals surface area contributed by atoms with Crippen LogP contribution in [-0.4, -0.2) is 35.9 Å². The van der Waals surface area contributed by atoms with Crippen LogP contribution in [0.3, 0.4) is 0 Å². The van der Waals surface area contributed by atoms with E-state index in [1.54, 1.807) is 6.07 Å². The van der Waals surface area contributed by atoms with Gasteiger partial charge in [-0.25, -0.2) is 9.18 Å². The second-order valence-electron chi connectivity index (χ2n) is 5.54. The molecule has 0 saturated carbocycles. The average molecular weight is 267 g/mol. The Balaban J connectivity index is 2.27. The minimum absolute atomic E-state index is 0.0472. The first-order chi connectivity index (χ1) is 8.78. The molecule has 104 valence electrons. The van der Waals surface area contributed by atoms with Crippen molar-refractivity contribution in [3.63, 3.8) is 0 Å². The van der Waals surface area contributed by atoms with Crippen molar-refractivity contribution in [1.29, 1.82) is 0 Å². The number of halogens is 1. The monoisotopic (exact) mass is 267 g/mol. The van der Waals surface area contributed by atoms with Crippen molar-refractivity contribution < 1.29 is 19.0 Å². The summed E-state index contributed by atoms with van der Waals surface area (Å²) in [5.74, 6) is -1.96. The number of hydrogen-bond donors (Lipinski definition) is 1. The fourth-order valence-electron chi connectivity index (χ4n) is 2.52. The highest BCUT2D eigenvalue weighted by Gasteiger charge is 2.31. The molecule has 0 radical (unpaired) electrons. The summed E-state index contributed by atoms with van der Waals surface area (Å²) in [6, 6.07) is 4.22. The van der Waals surface area contributed by atoms with Gasteiger partial charge in [0.1, 0.15) is 5.82 Å². The molecule has 1 saturated heterocycles. The first-order valence-electron chi connectivity index (χ1n) is 6.24. The SMILES string of the molecule is CC1CN(c2ccc(C(=O)O)c(F)c2)CC(C)(C)O1. The van der Waals surface area contributed by atoms with Gasteiger partial charge in [0.25, 0.3) is 0 Å². The van der Waals surface area contributed by atoms with Gasteiger partial charge >= 0.3 is 5.97 Å². The summed E-state index contributed by atoms with van der Waals surface area (Å²) in [5.41, 5.74) is 0.0784. The van der Waals surface area contributed by atoms with E-state index in [9.17, 15) is 9.18 Å². The van der Waals surface area contributed by atoms with Gasteiger partial charge in [0.05, 0.1) is 17.3 Å². The van der Waals surface area contributed by atoms with Crippen molar-refractivity contribution in [1.82, 2.24) is 0 Å². The Morgan fingerprint density at radius 1 is 1.53 bits per heavy atom. The van der Waals surface area contributed by atoms with Crippen molar-refractivity contribution >= 4 is 11.7 Å². The maximum Gasteiger partial charge on any atom is 0.338 e. The molecule has 1 heterocycles. The Bertz CT molecular complexity index is 501. The summed E-state index contributed by atoms with van der Waals surface area (Å²) < 4.78 is 19.5. The standard InChI is InChI=1S/C14H18FNO3/c1-9-7-16(8-14(2,3)19-9)10-4-5-11(13(17)18)12(15)6-10/h4-6,9H,7-8H2,1-3H3,(H,17,18). The second-order valence-corrected chi connectivity index (χ2v) is 5.54. The summed E-state index contributed by atoms with van der Waals surface area (Å²) in [4.78, 5) is 12.8. The summed E-state index contributed by atoms with van der Waals surface area (Å²) >= 11 is 0. The van der Waals surface area contributed by atoms with Crippen LogP contribution < -0.4 is 4.90 Å². The van der Waals surface area contributed by atoms with E-state index in [1.165, 1.54) is 12.1 Å². The van der Waals surface area contributed by atoms with Gasteiger partial charge in [0, 0.05) is 18.8 Å². The van der Waals surface area contributed by atoms with Gasteiger partial charge in [-0.3, -0.25) is 0 Å². The molecule has 1 unspecified atom stereocenters. The van der Waals surface area contributed by atoms with E-state index in [-0.39, 0.29) is 17.3 Å². The highest BCUT2D eigenvalue weighted by Crippen LogP contribution is 2.27. The number of carboxylic acid groups (broad SMARTS) is 1. The van der Waals surface area contributed by atoms with Crippen molar-refractivity contribution in [2.45, 2.75) is 32.5 Å². The number of carbonyl (C=O) groups is 1. The summed E-state index contributed by atoms with van der Waals surface area (Å²) in [6.45, 7) is 7.24. The molecule has 1 aliphatic rings. The lowest BCUT2D eigenvalue weighted by atomic mass is 10.0. The molecular weight excluding hydrogens is 249 g/mol. The Morgan fingerprint density at radius 3 is 2.74 bits per heavy atom. The molecule has 0 aliphatic carbocycles. The molecule has 19 heavy (non-hydrogen) atoms. The van der Waals surface area contributed by atoms with Crippen LogP contribution in [0.4, 0.5) is 10.1 Å². The molecule has 4 nitrogen and oxygen atoms in total. The van der Waals surface area contributed by atoms with Crippen molar-refractivity contribution in [3.05, 3.63) is 29.6 Å². The first-order valence-corrected chi connectivity index (χ1v) is 6.24. The second kappa shape index (κ2) is 4.81. The molecule has 1 aromatic rings. The van der Waals surface area contributed by atoms with Gasteiger partial charge in [-0.05, 0) is 39.0 Å². The minimum Gasteiger partial charge on any atom is -0.478 e. The zero-order chi connectivity index (χ0) is 14.2. The van der Waals surface area contributed by atoms with Gasteiger partial charge < -0.3 is 14.7 Å². The molecule has 1 N–H and O–H groups in total. The van der Waals surface area contributed by atoms with E-state index in [0.29, 0.717) is 18.8 Å². The molecule has 2 rings (SSSR count). The summed E-state index contributed by atoms with van der Waals surface area (Å²) in [6.07, 6.45) is 0.0472. The van der Waals surface area contributed by atoms with E-state index >= 15 is 0 Å². The Hall–Kier alpha value is -1.62. The van der Waals surface area contributed by atoms with Crippen LogP contribution in [0, 0.1) is 5.82 Å². The van der Waals surface area contributed by atoms with Gasteiger partial charge in [-0.1, -0.05) is 0 Å². The topological polar surface area (TPSA) is 49.8 Å². The highest BCUT2D eigenvalue weighted by molar-refractivity contribution is 5.88. The lowest BCUT2D eigenvalue weighted by Crippen LogP contribution is -2.52. The molecule has 0 bridgehead atoms. The largest absolute Gasteiger partial charge is 0.478 e. The Labute approximate surface area is 111 Å². The number of nitrogens with zero attached hydrogens (tertiary/aromatic N) is 1. The predicted octanol–water partition coefficient (Wildman–Crippen LogP) is 2.53. The molecule has 5 heteroatoms. The van der Waals surface area contributed by atoms with E-state index in [2.05, 4.69) is 0 Å². The van der Waals surface area contributed by atoms with E-state index in [0.717, 1.165) is 0 Å². The minimum atomic E-state index is -1.25. The van der Waals surface area contributed by atoms with E-state index < -0.39 is 11.8 Å². The van der Waals surface area contributed by atoms with Crippen LogP contribution in [0.25, 0.3) is 0 Å². The van der Waals surface area contributed by atoms with Crippen molar-refractivity contribution in [2.75, 3.05) is 18.0 Å². The third-order valence-corrected chi connectivity index (χ3v) is 3.12. The molecule has 0 aromatic heterocycles. The van der Waals surface area contributed by atoms with Crippen LogP contribution in [0.15, 0.2) is 18.2 Å². The summed E-state index contributed by atoms with van der Waals surface area (Å²) in [5, 5.41) is 8.82. The number of rotatable bonds is 2. The normalized spacial score (nSPS) is 22.3. The number of ether oxygens (including phenoxy) is 1. The van der Waals surface area contributed by atoms with Crippen molar-refractivity contribution in [3.8, 4) is 0 Å². The highest BCUT2D eigenvalue weighted by atomic mass is 19.1. The summed E-state index contributed by atoms with van der Waals surface area (Å²) in [7, 11) is 0. The number of morpholine rings is 1. The molecule has 1 aromatic carbocycles. The molecule has 1 aliphatic heterocycles. The number of carboxylic acids is 1. The third-order valence-electron chi connectivity index (χ3n) is 3.12.